The zero-order valence-electron chi connectivity index (χ0n) is 20.6. The van der Waals surface area contributed by atoms with E-state index in [1.54, 1.807) is 0 Å². The van der Waals surface area contributed by atoms with Crippen LogP contribution >= 0.6 is 0 Å². The molecule has 5 heteroatoms. The van der Waals surface area contributed by atoms with Crippen molar-refractivity contribution < 1.29 is 0 Å². The SMILES string of the molecule is NCCCCCCCCCCNCc1c2c(nc3ccccc13)-c1cc3ccccc3c(=O)n1C2. The monoisotopic (exact) mass is 468 g/mol. The summed E-state index contributed by atoms with van der Waals surface area (Å²) in [5, 5.41) is 6.62. The fourth-order valence-corrected chi connectivity index (χ4v) is 5.38. The summed E-state index contributed by atoms with van der Waals surface area (Å²) in [6, 6.07) is 18.3. The first-order chi connectivity index (χ1) is 17.3. The van der Waals surface area contributed by atoms with Gasteiger partial charge in [0, 0.05) is 22.9 Å². The number of aromatic nitrogens is 2. The Morgan fingerprint density at radius 2 is 1.54 bits per heavy atom. The Labute approximate surface area is 207 Å². The van der Waals surface area contributed by atoms with E-state index in [-0.39, 0.29) is 5.56 Å². The summed E-state index contributed by atoms with van der Waals surface area (Å²) < 4.78 is 1.90. The summed E-state index contributed by atoms with van der Waals surface area (Å²) in [6.07, 6.45) is 10.2. The molecule has 5 nitrogen and oxygen atoms in total. The fourth-order valence-electron chi connectivity index (χ4n) is 5.38. The highest BCUT2D eigenvalue weighted by atomic mass is 16.1. The van der Waals surface area contributed by atoms with Gasteiger partial charge in [-0.25, -0.2) is 4.98 Å². The van der Waals surface area contributed by atoms with E-state index in [0.717, 1.165) is 53.7 Å². The van der Waals surface area contributed by atoms with Crippen LogP contribution in [0.1, 0.15) is 62.5 Å². The molecule has 0 fully saturated rings. The van der Waals surface area contributed by atoms with Crippen LogP contribution in [0.25, 0.3) is 33.1 Å². The number of nitrogens with zero attached hydrogens (tertiary/aromatic N) is 2. The van der Waals surface area contributed by atoms with Crippen molar-refractivity contribution in [3.63, 3.8) is 0 Å². The van der Waals surface area contributed by atoms with E-state index >= 15 is 0 Å². The molecule has 3 heterocycles. The molecule has 1 aliphatic heterocycles. The quantitative estimate of drug-likeness (QED) is 0.229. The van der Waals surface area contributed by atoms with Crippen LogP contribution in [-0.4, -0.2) is 22.6 Å². The molecule has 0 radical (unpaired) electrons. The number of para-hydroxylation sites is 1. The van der Waals surface area contributed by atoms with Gasteiger partial charge in [-0.2, -0.15) is 0 Å². The first kappa shape index (κ1) is 23.7. The second-order valence-corrected chi connectivity index (χ2v) is 9.74. The second kappa shape index (κ2) is 11.1. The number of benzene rings is 2. The Balaban J connectivity index is 1.29. The van der Waals surface area contributed by atoms with Gasteiger partial charge in [-0.3, -0.25) is 4.79 Å². The van der Waals surface area contributed by atoms with Crippen LogP contribution in [0.2, 0.25) is 0 Å². The van der Waals surface area contributed by atoms with E-state index in [2.05, 4.69) is 29.6 Å². The standard InChI is InChI=1S/C30H36N4O/c31-17-11-5-3-1-2-4-6-12-18-32-20-25-24-15-9-10-16-27(24)33-29-26(25)21-34-28(29)19-22-13-7-8-14-23(22)30(34)35/h7-10,13-16,19,32H,1-6,11-12,17-18,20-21,31H2. The summed E-state index contributed by atoms with van der Waals surface area (Å²) in [4.78, 5) is 18.3. The smallest absolute Gasteiger partial charge is 0.259 e. The number of hydrogen-bond donors (Lipinski definition) is 2. The Morgan fingerprint density at radius 3 is 2.34 bits per heavy atom. The van der Waals surface area contributed by atoms with Crippen LogP contribution in [0.4, 0.5) is 0 Å². The first-order valence-electron chi connectivity index (χ1n) is 13.2. The zero-order chi connectivity index (χ0) is 24.0. The van der Waals surface area contributed by atoms with E-state index in [9.17, 15) is 4.79 Å². The van der Waals surface area contributed by atoms with Crippen LogP contribution in [0.15, 0.2) is 59.4 Å². The molecule has 2 aromatic carbocycles. The number of fused-ring (bicyclic) bond motifs is 5. The predicted octanol–water partition coefficient (Wildman–Crippen LogP) is 5.75. The molecule has 0 aliphatic carbocycles. The van der Waals surface area contributed by atoms with E-state index < -0.39 is 0 Å². The van der Waals surface area contributed by atoms with Gasteiger partial charge in [0.25, 0.3) is 5.56 Å². The molecule has 1 aliphatic rings. The first-order valence-corrected chi connectivity index (χ1v) is 13.2. The Kier molecular flexibility index (Phi) is 7.55. The third kappa shape index (κ3) is 5.02. The minimum atomic E-state index is 0.0714. The molecule has 5 rings (SSSR count). The van der Waals surface area contributed by atoms with Crippen molar-refractivity contribution in [3.05, 3.63) is 76.1 Å². The molecule has 3 N–H and O–H groups in total. The van der Waals surface area contributed by atoms with Gasteiger partial charge in [0.05, 0.1) is 23.4 Å². The molecule has 0 amide bonds. The number of nitrogens with two attached hydrogens (primary N) is 1. The summed E-state index contributed by atoms with van der Waals surface area (Å²) in [6.45, 7) is 3.22. The molecule has 0 bridgehead atoms. The van der Waals surface area contributed by atoms with Crippen molar-refractivity contribution in [2.75, 3.05) is 13.1 Å². The maximum Gasteiger partial charge on any atom is 0.259 e. The lowest BCUT2D eigenvalue weighted by Gasteiger charge is -2.13. The average molecular weight is 469 g/mol. The van der Waals surface area contributed by atoms with Gasteiger partial charge in [0.1, 0.15) is 0 Å². The van der Waals surface area contributed by atoms with Gasteiger partial charge in [-0.1, -0.05) is 74.9 Å². The molecule has 0 saturated heterocycles. The molecule has 182 valence electrons. The van der Waals surface area contributed by atoms with E-state index in [1.165, 1.54) is 61.5 Å². The summed E-state index contributed by atoms with van der Waals surface area (Å²) >= 11 is 0. The number of hydrogen-bond acceptors (Lipinski definition) is 4. The van der Waals surface area contributed by atoms with Crippen molar-refractivity contribution in [1.29, 1.82) is 0 Å². The summed E-state index contributed by atoms with van der Waals surface area (Å²) in [7, 11) is 0. The van der Waals surface area contributed by atoms with Crippen molar-refractivity contribution >= 4 is 21.7 Å². The summed E-state index contributed by atoms with van der Waals surface area (Å²) in [5.41, 5.74) is 11.0. The highest BCUT2D eigenvalue weighted by Gasteiger charge is 2.26. The molecule has 0 saturated carbocycles. The third-order valence-electron chi connectivity index (χ3n) is 7.30. The van der Waals surface area contributed by atoms with E-state index in [0.29, 0.717) is 6.54 Å². The molecule has 2 aromatic heterocycles. The number of nitrogens with one attached hydrogen (secondary N) is 1. The third-order valence-corrected chi connectivity index (χ3v) is 7.30. The molecule has 35 heavy (non-hydrogen) atoms. The molecule has 0 atom stereocenters. The van der Waals surface area contributed by atoms with E-state index in [4.69, 9.17) is 10.7 Å². The van der Waals surface area contributed by atoms with Crippen molar-refractivity contribution in [1.82, 2.24) is 14.9 Å². The van der Waals surface area contributed by atoms with Crippen molar-refractivity contribution in [2.24, 2.45) is 5.73 Å². The fraction of sp³-hybridized carbons (Fsp3) is 0.400. The highest BCUT2D eigenvalue weighted by molar-refractivity contribution is 5.91. The van der Waals surface area contributed by atoms with Crippen LogP contribution in [0.5, 0.6) is 0 Å². The lowest BCUT2D eigenvalue weighted by Crippen LogP contribution is -2.20. The van der Waals surface area contributed by atoms with Crippen molar-refractivity contribution in [3.8, 4) is 11.4 Å². The lowest BCUT2D eigenvalue weighted by molar-refractivity contribution is 0.551. The topological polar surface area (TPSA) is 72.9 Å². The van der Waals surface area contributed by atoms with Crippen LogP contribution in [-0.2, 0) is 13.1 Å². The normalized spacial score (nSPS) is 12.4. The number of pyridine rings is 2. The van der Waals surface area contributed by atoms with Crippen molar-refractivity contribution in [2.45, 2.75) is 64.5 Å². The van der Waals surface area contributed by atoms with Gasteiger partial charge >= 0.3 is 0 Å². The molecular formula is C30H36N4O. The van der Waals surface area contributed by atoms with Crippen LogP contribution < -0.4 is 16.6 Å². The summed E-state index contributed by atoms with van der Waals surface area (Å²) in [5.74, 6) is 0. The minimum Gasteiger partial charge on any atom is -0.330 e. The van der Waals surface area contributed by atoms with Crippen LogP contribution in [0.3, 0.4) is 0 Å². The Morgan fingerprint density at radius 1 is 0.857 bits per heavy atom. The maximum absolute atomic E-state index is 13.3. The lowest BCUT2D eigenvalue weighted by atomic mass is 10.00. The second-order valence-electron chi connectivity index (χ2n) is 9.74. The van der Waals surface area contributed by atoms with E-state index in [1.807, 2.05) is 34.9 Å². The van der Waals surface area contributed by atoms with Crippen LogP contribution in [0, 0.1) is 0 Å². The van der Waals surface area contributed by atoms with Gasteiger partial charge in [0.2, 0.25) is 0 Å². The Hall–Kier alpha value is -3.02. The van der Waals surface area contributed by atoms with Gasteiger partial charge in [0.15, 0.2) is 0 Å². The molecule has 0 unspecified atom stereocenters. The number of rotatable bonds is 12. The number of unbranched alkanes of at least 4 members (excludes halogenated alkanes) is 7. The van der Waals surface area contributed by atoms with Gasteiger partial charge in [-0.15, -0.1) is 0 Å². The maximum atomic E-state index is 13.3. The highest BCUT2D eigenvalue weighted by Crippen LogP contribution is 2.36. The molecule has 4 aromatic rings. The average Bonchev–Trinajstić information content (AvgIpc) is 3.25. The minimum absolute atomic E-state index is 0.0714. The van der Waals surface area contributed by atoms with Gasteiger partial charge in [-0.05, 0) is 55.1 Å². The molecular weight excluding hydrogens is 432 g/mol. The zero-order valence-corrected chi connectivity index (χ0v) is 20.6. The van der Waals surface area contributed by atoms with Gasteiger partial charge < -0.3 is 15.6 Å². The predicted molar refractivity (Wildman–Crippen MR) is 146 cm³/mol. The Bertz CT molecular complexity index is 1370. The molecule has 0 spiro atoms. The largest absolute Gasteiger partial charge is 0.330 e.